The molecule has 2 aromatic rings. The number of nitrogens with zero attached hydrogens (tertiary/aromatic N) is 1. The number of amides is 1. The molecule has 1 amide bonds. The maximum atomic E-state index is 12.5. The zero-order valence-electron chi connectivity index (χ0n) is 15.6. The molecule has 8 nitrogen and oxygen atoms in total. The lowest BCUT2D eigenvalue weighted by Gasteiger charge is -2.13. The van der Waals surface area contributed by atoms with Crippen LogP contribution >= 0.6 is 23.6 Å². The van der Waals surface area contributed by atoms with Gasteiger partial charge in [-0.05, 0) is 56.5 Å². The van der Waals surface area contributed by atoms with Gasteiger partial charge in [-0.15, -0.1) is 11.3 Å². The van der Waals surface area contributed by atoms with Gasteiger partial charge in [0.05, 0.1) is 17.1 Å². The molecular formula is C19H19N3O5S2. The maximum absolute atomic E-state index is 12.5. The third kappa shape index (κ3) is 4.77. The number of thiophene rings is 1. The van der Waals surface area contributed by atoms with Crippen LogP contribution in [-0.2, 0) is 17.6 Å². The fraction of sp³-hybridized carbons (Fsp3) is 0.316. The highest BCUT2D eigenvalue weighted by molar-refractivity contribution is 7.80. The van der Waals surface area contributed by atoms with E-state index < -0.39 is 16.8 Å². The van der Waals surface area contributed by atoms with Gasteiger partial charge >= 0.3 is 5.97 Å². The smallest absolute Gasteiger partial charge is 0.341 e. The van der Waals surface area contributed by atoms with Crippen LogP contribution in [0.2, 0.25) is 0 Å². The normalized spacial score (nSPS) is 12.6. The van der Waals surface area contributed by atoms with Crippen molar-refractivity contribution >= 4 is 51.2 Å². The first-order chi connectivity index (χ1) is 13.9. The van der Waals surface area contributed by atoms with Gasteiger partial charge in [0, 0.05) is 22.6 Å². The molecule has 1 aliphatic carbocycles. The molecule has 0 fully saturated rings. The molecule has 152 valence electrons. The summed E-state index contributed by atoms with van der Waals surface area (Å²) < 4.78 is 5.19. The minimum atomic E-state index is -0.579. The summed E-state index contributed by atoms with van der Waals surface area (Å²) in [6, 6.07) is 5.36. The summed E-state index contributed by atoms with van der Waals surface area (Å²) in [5.41, 5.74) is 1.38. The van der Waals surface area contributed by atoms with Crippen molar-refractivity contribution in [2.45, 2.75) is 32.6 Å². The van der Waals surface area contributed by atoms with Crippen molar-refractivity contribution < 1.29 is 19.2 Å². The topological polar surface area (TPSA) is 111 Å². The van der Waals surface area contributed by atoms with Gasteiger partial charge in [-0.3, -0.25) is 20.2 Å². The van der Waals surface area contributed by atoms with E-state index in [1.54, 1.807) is 6.92 Å². The summed E-state index contributed by atoms with van der Waals surface area (Å²) in [7, 11) is 0. The van der Waals surface area contributed by atoms with Gasteiger partial charge in [0.1, 0.15) is 5.00 Å². The van der Waals surface area contributed by atoms with E-state index in [9.17, 15) is 19.7 Å². The average Bonchev–Trinajstić information content (AvgIpc) is 3.05. The molecule has 0 radical (unpaired) electrons. The van der Waals surface area contributed by atoms with E-state index in [-0.39, 0.29) is 23.0 Å². The quantitative estimate of drug-likeness (QED) is 0.319. The lowest BCUT2D eigenvalue weighted by atomic mass is 9.95. The number of nitro groups is 1. The SMILES string of the molecule is CCOC(=O)c1c(NC(=S)NC(=O)c2cccc([N+](=O)[O-])c2)sc2c1CCCC2. The van der Waals surface area contributed by atoms with E-state index in [0.717, 1.165) is 36.1 Å². The number of aryl methyl sites for hydroxylation is 1. The highest BCUT2D eigenvalue weighted by Gasteiger charge is 2.27. The number of rotatable bonds is 5. The summed E-state index contributed by atoms with van der Waals surface area (Å²) in [5, 5.41) is 16.9. The van der Waals surface area contributed by atoms with Crippen molar-refractivity contribution in [1.82, 2.24) is 5.32 Å². The summed E-state index contributed by atoms with van der Waals surface area (Å²) in [5.74, 6) is -0.993. The molecule has 0 saturated carbocycles. The number of ether oxygens (including phenoxy) is 1. The second kappa shape index (κ2) is 9.10. The van der Waals surface area contributed by atoms with Gasteiger partial charge in [-0.2, -0.15) is 0 Å². The number of carbonyl (C=O) groups excluding carboxylic acids is 2. The molecule has 3 rings (SSSR count). The second-order valence-electron chi connectivity index (χ2n) is 6.35. The number of anilines is 1. The van der Waals surface area contributed by atoms with E-state index in [1.807, 2.05) is 0 Å². The Morgan fingerprint density at radius 1 is 1.31 bits per heavy atom. The number of nitro benzene ring substituents is 1. The summed E-state index contributed by atoms with van der Waals surface area (Å²) in [4.78, 5) is 36.3. The molecule has 29 heavy (non-hydrogen) atoms. The van der Waals surface area contributed by atoms with Crippen LogP contribution in [0, 0.1) is 10.1 Å². The van der Waals surface area contributed by atoms with Gasteiger partial charge in [-0.1, -0.05) is 6.07 Å². The van der Waals surface area contributed by atoms with Crippen LogP contribution in [0.3, 0.4) is 0 Å². The number of hydrogen-bond donors (Lipinski definition) is 2. The number of thiocarbonyl (C=S) groups is 1. The minimum Gasteiger partial charge on any atom is -0.462 e. The number of carbonyl (C=O) groups is 2. The third-order valence-electron chi connectivity index (χ3n) is 4.42. The molecule has 1 aliphatic rings. The summed E-state index contributed by atoms with van der Waals surface area (Å²) >= 11 is 6.66. The molecule has 10 heteroatoms. The first-order valence-electron chi connectivity index (χ1n) is 9.09. The van der Waals surface area contributed by atoms with E-state index in [4.69, 9.17) is 17.0 Å². The first kappa shape index (κ1) is 20.9. The van der Waals surface area contributed by atoms with E-state index in [2.05, 4.69) is 10.6 Å². The molecule has 1 heterocycles. The molecule has 0 aliphatic heterocycles. The molecule has 0 bridgehead atoms. The van der Waals surface area contributed by atoms with Crippen molar-refractivity contribution in [3.8, 4) is 0 Å². The molecule has 1 aromatic carbocycles. The number of nitrogens with one attached hydrogen (secondary N) is 2. The van der Waals surface area contributed by atoms with Gasteiger partial charge in [0.25, 0.3) is 11.6 Å². The number of esters is 1. The lowest BCUT2D eigenvalue weighted by Crippen LogP contribution is -2.34. The van der Waals surface area contributed by atoms with Crippen LogP contribution in [-0.4, -0.2) is 28.5 Å². The molecule has 0 spiro atoms. The van der Waals surface area contributed by atoms with Crippen molar-refractivity contribution in [3.63, 3.8) is 0 Å². The average molecular weight is 434 g/mol. The van der Waals surface area contributed by atoms with E-state index >= 15 is 0 Å². The highest BCUT2D eigenvalue weighted by Crippen LogP contribution is 2.38. The second-order valence-corrected chi connectivity index (χ2v) is 7.86. The molecule has 0 saturated heterocycles. The first-order valence-corrected chi connectivity index (χ1v) is 10.3. The van der Waals surface area contributed by atoms with Gasteiger partial charge in [0.2, 0.25) is 0 Å². The van der Waals surface area contributed by atoms with Crippen LogP contribution in [0.25, 0.3) is 0 Å². The number of hydrogen-bond acceptors (Lipinski definition) is 7. The van der Waals surface area contributed by atoms with Crippen LogP contribution in [0.15, 0.2) is 24.3 Å². The Hall–Kier alpha value is -2.85. The van der Waals surface area contributed by atoms with Crippen LogP contribution in [0.1, 0.15) is 50.9 Å². The molecule has 1 aromatic heterocycles. The van der Waals surface area contributed by atoms with E-state index in [0.29, 0.717) is 10.6 Å². The van der Waals surface area contributed by atoms with Gasteiger partial charge < -0.3 is 10.1 Å². The Labute approximate surface area is 176 Å². The van der Waals surface area contributed by atoms with Crippen molar-refractivity contribution in [3.05, 3.63) is 55.9 Å². The predicted molar refractivity (Wildman–Crippen MR) is 114 cm³/mol. The molecule has 0 unspecified atom stereocenters. The van der Waals surface area contributed by atoms with E-state index in [1.165, 1.54) is 35.6 Å². The summed E-state index contributed by atoms with van der Waals surface area (Å²) in [6.45, 7) is 2.00. The summed E-state index contributed by atoms with van der Waals surface area (Å²) in [6.07, 6.45) is 3.75. The van der Waals surface area contributed by atoms with Gasteiger partial charge in [-0.25, -0.2) is 4.79 Å². The van der Waals surface area contributed by atoms with Crippen LogP contribution in [0.5, 0.6) is 0 Å². The number of benzene rings is 1. The largest absolute Gasteiger partial charge is 0.462 e. The Bertz CT molecular complexity index is 986. The lowest BCUT2D eigenvalue weighted by molar-refractivity contribution is -0.384. The van der Waals surface area contributed by atoms with Crippen molar-refractivity contribution in [1.29, 1.82) is 0 Å². The van der Waals surface area contributed by atoms with Gasteiger partial charge in [0.15, 0.2) is 5.11 Å². The Morgan fingerprint density at radius 2 is 2.07 bits per heavy atom. The Morgan fingerprint density at radius 3 is 2.79 bits per heavy atom. The zero-order valence-corrected chi connectivity index (χ0v) is 17.3. The maximum Gasteiger partial charge on any atom is 0.341 e. The molecule has 2 N–H and O–H groups in total. The standard InChI is InChI=1S/C19H19N3O5S2/c1-2-27-18(24)15-13-8-3-4-9-14(13)29-17(15)21-19(28)20-16(23)11-6-5-7-12(10-11)22(25)26/h5-7,10H,2-4,8-9H2,1H3,(H2,20,21,23,28). The highest BCUT2D eigenvalue weighted by atomic mass is 32.1. The minimum absolute atomic E-state index is 0.00523. The molecule has 0 atom stereocenters. The number of non-ortho nitro benzene ring substituents is 1. The number of fused-ring (bicyclic) bond motifs is 1. The zero-order chi connectivity index (χ0) is 21.0. The Balaban J connectivity index is 1.77. The predicted octanol–water partition coefficient (Wildman–Crippen LogP) is 3.84. The monoisotopic (exact) mass is 433 g/mol. The third-order valence-corrected chi connectivity index (χ3v) is 5.84. The van der Waals surface area contributed by atoms with Crippen molar-refractivity contribution in [2.24, 2.45) is 0 Å². The van der Waals surface area contributed by atoms with Crippen molar-refractivity contribution in [2.75, 3.05) is 11.9 Å². The van der Waals surface area contributed by atoms with Crippen LogP contribution in [0.4, 0.5) is 10.7 Å². The fourth-order valence-electron chi connectivity index (χ4n) is 3.14. The fourth-order valence-corrected chi connectivity index (χ4v) is 4.68. The molecular weight excluding hydrogens is 414 g/mol. The van der Waals surface area contributed by atoms with Crippen LogP contribution < -0.4 is 10.6 Å². The Kier molecular flexibility index (Phi) is 6.55.